The predicted molar refractivity (Wildman–Crippen MR) is 165 cm³/mol. The first-order valence-corrected chi connectivity index (χ1v) is 15.4. The molecule has 2 aliphatic rings. The summed E-state index contributed by atoms with van der Waals surface area (Å²) in [5, 5.41) is 3.78. The Morgan fingerprint density at radius 1 is 1.09 bits per heavy atom. The number of unbranched alkanes of at least 4 members (excludes halogenated alkanes) is 2. The topological polar surface area (TPSA) is 126 Å². The van der Waals surface area contributed by atoms with Crippen molar-refractivity contribution in [2.45, 2.75) is 104 Å². The lowest BCUT2D eigenvalue weighted by molar-refractivity contribution is -0.172. The lowest BCUT2D eigenvalue weighted by Gasteiger charge is -2.35. The zero-order valence-corrected chi connectivity index (χ0v) is 26.4. The predicted octanol–water partition coefficient (Wildman–Crippen LogP) is 5.59. The van der Waals surface area contributed by atoms with Crippen LogP contribution < -0.4 is 10.9 Å². The Labute approximate surface area is 257 Å². The van der Waals surface area contributed by atoms with Crippen molar-refractivity contribution in [3.05, 3.63) is 62.4 Å². The monoisotopic (exact) mass is 603 g/mol. The summed E-state index contributed by atoms with van der Waals surface area (Å²) >= 11 is 0. The molecule has 0 saturated carbocycles. The van der Waals surface area contributed by atoms with Gasteiger partial charge in [-0.1, -0.05) is 31.9 Å². The van der Waals surface area contributed by atoms with Crippen molar-refractivity contribution >= 4 is 28.9 Å². The minimum Gasteiger partial charge on any atom is -0.460 e. The fourth-order valence-corrected chi connectivity index (χ4v) is 6.19. The van der Waals surface area contributed by atoms with Gasteiger partial charge in [-0.15, -0.1) is 0 Å². The van der Waals surface area contributed by atoms with Crippen LogP contribution in [-0.4, -0.2) is 39.7 Å². The van der Waals surface area contributed by atoms with Crippen molar-refractivity contribution < 1.29 is 28.6 Å². The second-order valence-electron chi connectivity index (χ2n) is 12.6. The van der Waals surface area contributed by atoms with E-state index in [1.165, 1.54) is 0 Å². The highest BCUT2D eigenvalue weighted by molar-refractivity contribution is 5.90. The van der Waals surface area contributed by atoms with Gasteiger partial charge >= 0.3 is 18.0 Å². The molecular weight excluding hydrogens is 562 g/mol. The molecule has 234 valence electrons. The van der Waals surface area contributed by atoms with Crippen molar-refractivity contribution in [3.63, 3.8) is 0 Å². The first kappa shape index (κ1) is 31.2. The largest absolute Gasteiger partial charge is 0.460 e. The zero-order valence-electron chi connectivity index (χ0n) is 26.4. The number of nitrogens with zero attached hydrogens (tertiary/aromatic N) is 2. The van der Waals surface area contributed by atoms with Gasteiger partial charge in [-0.25, -0.2) is 14.6 Å². The second kappa shape index (κ2) is 12.1. The van der Waals surface area contributed by atoms with Gasteiger partial charge in [0.15, 0.2) is 0 Å². The third kappa shape index (κ3) is 5.81. The molecule has 44 heavy (non-hydrogen) atoms. The highest BCUT2D eigenvalue weighted by atomic mass is 16.6. The fraction of sp³-hybridized carbons (Fsp3) is 0.500. The number of pyridine rings is 2. The molecule has 1 N–H and O–H groups in total. The van der Waals surface area contributed by atoms with Crippen LogP contribution >= 0.6 is 0 Å². The number of alkyl carbamates (subject to hydrolysis) is 1. The number of rotatable bonds is 9. The quantitative estimate of drug-likeness (QED) is 0.149. The Bertz CT molecular complexity index is 1700. The zero-order chi connectivity index (χ0) is 31.8. The van der Waals surface area contributed by atoms with Crippen LogP contribution in [0.2, 0.25) is 0 Å². The number of carbonyl (C=O) groups is 3. The SMILES string of the molecule is CCc1c2c(nc3ccc(C)cc13)-c1cc3c(c(=O)n1C2)COC(=O)[C@@]3(CC)OC(=O)NCCCCCC(=O)OC(C)(C)C. The molecule has 4 heterocycles. The molecule has 3 aromatic rings. The van der Waals surface area contributed by atoms with Crippen LogP contribution in [0.25, 0.3) is 22.3 Å². The maximum absolute atomic E-state index is 13.9. The molecule has 1 atom stereocenters. The molecule has 2 aromatic heterocycles. The van der Waals surface area contributed by atoms with Crippen molar-refractivity contribution in [2.75, 3.05) is 6.54 Å². The Morgan fingerprint density at radius 3 is 2.57 bits per heavy atom. The summed E-state index contributed by atoms with van der Waals surface area (Å²) in [6, 6.07) is 7.91. The summed E-state index contributed by atoms with van der Waals surface area (Å²) in [4.78, 5) is 57.0. The average Bonchev–Trinajstić information content (AvgIpc) is 3.33. The fourth-order valence-electron chi connectivity index (χ4n) is 6.19. The highest BCUT2D eigenvalue weighted by Gasteiger charge is 2.50. The summed E-state index contributed by atoms with van der Waals surface area (Å²) in [7, 11) is 0. The number of esters is 2. The number of hydrogen-bond acceptors (Lipinski definition) is 8. The van der Waals surface area contributed by atoms with Gasteiger partial charge in [0.2, 0.25) is 5.60 Å². The molecule has 2 aliphatic heterocycles. The van der Waals surface area contributed by atoms with Crippen LogP contribution in [0.3, 0.4) is 0 Å². The minimum atomic E-state index is -1.77. The van der Waals surface area contributed by atoms with E-state index in [-0.39, 0.29) is 24.6 Å². The molecule has 0 saturated heterocycles. The molecule has 0 spiro atoms. The standard InChI is InChI=1S/C34H41N3O7/c1-7-21-22-16-20(3)13-14-26(22)36-29-23(21)18-37-27(29)17-25-24(30(37)39)19-42-31(40)34(25,8-2)44-32(41)35-15-11-9-10-12-28(38)43-33(4,5)6/h13-14,16-17H,7-12,15,18-19H2,1-6H3,(H,35,41)/t34-/m0/s1. The van der Waals surface area contributed by atoms with E-state index in [1.54, 1.807) is 17.6 Å². The van der Waals surface area contributed by atoms with Crippen LogP contribution in [0.5, 0.6) is 0 Å². The van der Waals surface area contributed by atoms with Gasteiger partial charge in [0.25, 0.3) is 5.56 Å². The highest BCUT2D eigenvalue weighted by Crippen LogP contribution is 2.42. The Morgan fingerprint density at radius 2 is 1.86 bits per heavy atom. The molecule has 0 unspecified atom stereocenters. The molecule has 0 fully saturated rings. The van der Waals surface area contributed by atoms with E-state index in [4.69, 9.17) is 19.2 Å². The van der Waals surface area contributed by atoms with Crippen molar-refractivity contribution in [1.82, 2.24) is 14.9 Å². The lowest BCUT2D eigenvalue weighted by atomic mass is 9.85. The number of nitrogens with one attached hydrogen (secondary N) is 1. The van der Waals surface area contributed by atoms with Gasteiger partial charge < -0.3 is 24.1 Å². The Kier molecular flexibility index (Phi) is 8.55. The number of ether oxygens (including phenoxy) is 3. The van der Waals surface area contributed by atoms with Crippen molar-refractivity contribution in [2.24, 2.45) is 0 Å². The summed E-state index contributed by atoms with van der Waals surface area (Å²) in [6.45, 7) is 11.8. The van der Waals surface area contributed by atoms with Gasteiger partial charge in [-0.2, -0.15) is 0 Å². The number of benzene rings is 1. The molecule has 0 bridgehead atoms. The third-order valence-corrected chi connectivity index (χ3v) is 8.30. The molecule has 0 aliphatic carbocycles. The molecule has 1 aromatic carbocycles. The third-order valence-electron chi connectivity index (χ3n) is 8.30. The molecule has 1 amide bonds. The van der Waals surface area contributed by atoms with E-state index in [2.05, 4.69) is 18.3 Å². The molecular formula is C34H41N3O7. The summed E-state index contributed by atoms with van der Waals surface area (Å²) in [6.07, 6.45) is 2.33. The van der Waals surface area contributed by atoms with Gasteiger partial charge in [0.05, 0.1) is 29.0 Å². The lowest BCUT2D eigenvalue weighted by Crippen LogP contribution is -2.49. The summed E-state index contributed by atoms with van der Waals surface area (Å²) in [5.74, 6) is -0.961. The number of amides is 1. The average molecular weight is 604 g/mol. The number of carbonyl (C=O) groups excluding carboxylic acids is 3. The van der Waals surface area contributed by atoms with Crippen LogP contribution in [0.1, 0.15) is 94.5 Å². The molecule has 0 radical (unpaired) electrons. The smallest absolute Gasteiger partial charge is 0.408 e. The maximum Gasteiger partial charge on any atom is 0.408 e. The molecule has 10 heteroatoms. The number of aryl methyl sites for hydroxylation is 2. The number of hydrogen-bond donors (Lipinski definition) is 1. The van der Waals surface area contributed by atoms with E-state index in [9.17, 15) is 19.2 Å². The summed E-state index contributed by atoms with van der Waals surface area (Å²) in [5.41, 5.74) is 3.49. The Balaban J connectivity index is 1.37. The molecule has 10 nitrogen and oxygen atoms in total. The summed E-state index contributed by atoms with van der Waals surface area (Å²) < 4.78 is 18.3. The van der Waals surface area contributed by atoms with Crippen LogP contribution in [0, 0.1) is 6.92 Å². The number of cyclic esters (lactones) is 1. The van der Waals surface area contributed by atoms with Gasteiger partial charge in [-0.05, 0) is 77.1 Å². The van der Waals surface area contributed by atoms with Gasteiger partial charge in [-0.3, -0.25) is 9.59 Å². The first-order chi connectivity index (χ1) is 20.9. The molecule has 5 rings (SSSR count). The second-order valence-corrected chi connectivity index (χ2v) is 12.6. The van der Waals surface area contributed by atoms with Gasteiger partial charge in [0.1, 0.15) is 12.2 Å². The van der Waals surface area contributed by atoms with Crippen LogP contribution in [0.15, 0.2) is 29.1 Å². The first-order valence-electron chi connectivity index (χ1n) is 15.4. The number of fused-ring (bicyclic) bond motifs is 5. The van der Waals surface area contributed by atoms with Crippen LogP contribution in [0.4, 0.5) is 4.79 Å². The van der Waals surface area contributed by atoms with E-state index in [0.29, 0.717) is 61.3 Å². The van der Waals surface area contributed by atoms with E-state index in [1.807, 2.05) is 39.8 Å². The Hall–Kier alpha value is -4.21. The van der Waals surface area contributed by atoms with Gasteiger partial charge in [0, 0.05) is 29.5 Å². The van der Waals surface area contributed by atoms with Crippen LogP contribution in [-0.2, 0) is 49.0 Å². The normalized spacial score (nSPS) is 17.0. The van der Waals surface area contributed by atoms with E-state index >= 15 is 0 Å². The number of aromatic nitrogens is 2. The van der Waals surface area contributed by atoms with E-state index in [0.717, 1.165) is 34.0 Å². The van der Waals surface area contributed by atoms with E-state index < -0.39 is 23.3 Å². The minimum absolute atomic E-state index is 0.0858. The van der Waals surface area contributed by atoms with Crippen molar-refractivity contribution in [1.29, 1.82) is 0 Å². The maximum atomic E-state index is 13.9. The van der Waals surface area contributed by atoms with Crippen molar-refractivity contribution in [3.8, 4) is 11.4 Å².